The first kappa shape index (κ1) is 13.4. The van der Waals surface area contributed by atoms with Crippen molar-refractivity contribution in [3.8, 4) is 15.6 Å². The van der Waals surface area contributed by atoms with Crippen LogP contribution in [-0.4, -0.2) is 12.8 Å². The lowest BCUT2D eigenvalue weighted by Crippen LogP contribution is -2.10. The van der Waals surface area contributed by atoms with E-state index in [1.165, 1.54) is 12.1 Å². The Kier molecular flexibility index (Phi) is 5.74. The molecule has 0 fully saturated rings. The maximum Gasteiger partial charge on any atom is 0.514 e. The van der Waals surface area contributed by atoms with Gasteiger partial charge in [-0.1, -0.05) is 29.1 Å². The molecular formula is C10H5Cl2IO3. The Morgan fingerprint density at radius 1 is 1.44 bits per heavy atom. The Balaban J connectivity index is 2.58. The van der Waals surface area contributed by atoms with Gasteiger partial charge in [0.2, 0.25) is 0 Å². The predicted molar refractivity (Wildman–Crippen MR) is 70.2 cm³/mol. The Morgan fingerprint density at radius 2 is 2.19 bits per heavy atom. The van der Waals surface area contributed by atoms with E-state index in [1.807, 2.05) is 22.6 Å². The van der Waals surface area contributed by atoms with Crippen LogP contribution in [0.3, 0.4) is 0 Å². The lowest BCUT2D eigenvalue weighted by atomic mass is 10.3. The van der Waals surface area contributed by atoms with Crippen LogP contribution in [0.25, 0.3) is 0 Å². The van der Waals surface area contributed by atoms with E-state index in [2.05, 4.69) is 14.6 Å². The number of hydrogen-bond acceptors (Lipinski definition) is 3. The van der Waals surface area contributed by atoms with Gasteiger partial charge < -0.3 is 9.47 Å². The highest BCUT2D eigenvalue weighted by atomic mass is 127. The first-order valence-corrected chi connectivity index (χ1v) is 5.85. The van der Waals surface area contributed by atoms with Gasteiger partial charge in [0.1, 0.15) is 0 Å². The molecule has 0 amide bonds. The van der Waals surface area contributed by atoms with Crippen molar-refractivity contribution in [2.75, 3.05) is 6.61 Å². The van der Waals surface area contributed by atoms with E-state index in [4.69, 9.17) is 27.9 Å². The van der Waals surface area contributed by atoms with Crippen LogP contribution in [0.1, 0.15) is 0 Å². The average Bonchev–Trinajstić information content (AvgIpc) is 2.23. The van der Waals surface area contributed by atoms with Crippen molar-refractivity contribution in [2.24, 2.45) is 0 Å². The van der Waals surface area contributed by atoms with Crippen molar-refractivity contribution in [1.29, 1.82) is 0 Å². The molecule has 0 N–H and O–H groups in total. The van der Waals surface area contributed by atoms with Crippen LogP contribution < -0.4 is 4.74 Å². The fourth-order valence-electron chi connectivity index (χ4n) is 0.800. The highest BCUT2D eigenvalue weighted by molar-refractivity contribution is 14.1. The van der Waals surface area contributed by atoms with E-state index in [0.717, 1.165) is 0 Å². The van der Waals surface area contributed by atoms with Crippen LogP contribution in [-0.2, 0) is 4.74 Å². The molecule has 0 radical (unpaired) electrons. The summed E-state index contributed by atoms with van der Waals surface area (Å²) in [5.74, 6) is 2.74. The Bertz CT molecular complexity index is 451. The summed E-state index contributed by atoms with van der Waals surface area (Å²) in [6, 6.07) is 4.51. The van der Waals surface area contributed by atoms with Gasteiger partial charge in [0.25, 0.3) is 0 Å². The van der Waals surface area contributed by atoms with Crippen molar-refractivity contribution >= 4 is 51.9 Å². The summed E-state index contributed by atoms with van der Waals surface area (Å²) in [5, 5.41) is 0.700. The SMILES string of the molecule is O=C(OCC#CI)Oc1ccc(Cl)cc1Cl. The molecule has 0 saturated heterocycles. The van der Waals surface area contributed by atoms with E-state index in [1.54, 1.807) is 6.07 Å². The minimum atomic E-state index is -0.858. The molecule has 1 aromatic rings. The standard InChI is InChI=1S/C10H5Cl2IO3/c11-7-2-3-9(8(12)6-7)16-10(14)15-5-1-4-13/h2-3,6H,5H2. The van der Waals surface area contributed by atoms with Gasteiger partial charge in [-0.2, -0.15) is 0 Å². The monoisotopic (exact) mass is 370 g/mol. The Hall–Kier alpha value is -0.640. The van der Waals surface area contributed by atoms with E-state index in [0.29, 0.717) is 5.02 Å². The molecule has 3 nitrogen and oxygen atoms in total. The summed E-state index contributed by atoms with van der Waals surface area (Å²) in [6.07, 6.45) is -0.858. The molecule has 16 heavy (non-hydrogen) atoms. The number of ether oxygens (including phenoxy) is 2. The van der Waals surface area contributed by atoms with E-state index < -0.39 is 6.16 Å². The van der Waals surface area contributed by atoms with Crippen LogP contribution in [0.2, 0.25) is 10.0 Å². The number of carbonyl (C=O) groups is 1. The normalized spacial score (nSPS) is 8.94. The molecule has 1 rings (SSSR count). The van der Waals surface area contributed by atoms with Gasteiger partial charge in [-0.3, -0.25) is 0 Å². The van der Waals surface area contributed by atoms with Crippen LogP contribution in [0.15, 0.2) is 18.2 Å². The number of carbonyl (C=O) groups excluding carboxylic acids is 1. The zero-order valence-corrected chi connectivity index (χ0v) is 11.5. The molecule has 0 aliphatic rings. The molecule has 0 atom stereocenters. The summed E-state index contributed by atoms with van der Waals surface area (Å²) >= 11 is 13.3. The van der Waals surface area contributed by atoms with Gasteiger partial charge in [0.15, 0.2) is 12.4 Å². The number of halogens is 3. The molecule has 84 valence electrons. The number of hydrogen-bond donors (Lipinski definition) is 0. The lowest BCUT2D eigenvalue weighted by molar-refractivity contribution is 0.111. The predicted octanol–water partition coefficient (Wildman–Crippen LogP) is 3.90. The molecule has 0 unspecified atom stereocenters. The maximum atomic E-state index is 11.1. The highest BCUT2D eigenvalue weighted by Crippen LogP contribution is 2.27. The molecule has 0 spiro atoms. The maximum absolute atomic E-state index is 11.1. The minimum absolute atomic E-state index is 0.0209. The van der Waals surface area contributed by atoms with Gasteiger partial charge >= 0.3 is 6.16 Å². The first-order chi connectivity index (χ1) is 7.63. The smallest absolute Gasteiger partial charge is 0.421 e. The third-order valence-electron chi connectivity index (χ3n) is 1.42. The van der Waals surface area contributed by atoms with E-state index in [-0.39, 0.29) is 17.4 Å². The highest BCUT2D eigenvalue weighted by Gasteiger charge is 2.09. The molecule has 0 aliphatic carbocycles. The topological polar surface area (TPSA) is 35.5 Å². The molecule has 0 aliphatic heterocycles. The fraction of sp³-hybridized carbons (Fsp3) is 0.100. The third kappa shape index (κ3) is 4.47. The van der Waals surface area contributed by atoms with Gasteiger partial charge in [-0.05, 0) is 22.1 Å². The Labute approximate surface area is 116 Å². The quantitative estimate of drug-likeness (QED) is 0.343. The minimum Gasteiger partial charge on any atom is -0.421 e. The molecule has 0 heterocycles. The molecule has 1 aromatic carbocycles. The lowest BCUT2D eigenvalue weighted by Gasteiger charge is -2.05. The van der Waals surface area contributed by atoms with Crippen molar-refractivity contribution in [3.63, 3.8) is 0 Å². The average molecular weight is 371 g/mol. The van der Waals surface area contributed by atoms with Crippen molar-refractivity contribution in [3.05, 3.63) is 28.2 Å². The summed E-state index contributed by atoms with van der Waals surface area (Å²) in [4.78, 5) is 11.1. The van der Waals surface area contributed by atoms with Gasteiger partial charge in [0.05, 0.1) is 5.02 Å². The first-order valence-electron chi connectivity index (χ1n) is 4.01. The second-order valence-electron chi connectivity index (χ2n) is 2.49. The largest absolute Gasteiger partial charge is 0.514 e. The van der Waals surface area contributed by atoms with E-state index >= 15 is 0 Å². The summed E-state index contributed by atoms with van der Waals surface area (Å²) in [5.41, 5.74) is 0. The molecular weight excluding hydrogens is 366 g/mol. The van der Waals surface area contributed by atoms with Crippen LogP contribution in [0, 0.1) is 9.85 Å². The summed E-state index contributed by atoms with van der Waals surface area (Å²) in [7, 11) is 0. The molecule has 6 heteroatoms. The second-order valence-corrected chi connectivity index (χ2v) is 3.87. The Morgan fingerprint density at radius 3 is 2.81 bits per heavy atom. The van der Waals surface area contributed by atoms with Gasteiger partial charge in [-0.25, -0.2) is 4.79 Å². The summed E-state index contributed by atoms with van der Waals surface area (Å²) < 4.78 is 12.0. The van der Waals surface area contributed by atoms with Crippen molar-refractivity contribution in [2.45, 2.75) is 0 Å². The zero-order chi connectivity index (χ0) is 12.0. The second kappa shape index (κ2) is 6.84. The fourth-order valence-corrected chi connectivity index (χ4v) is 1.40. The molecule has 0 aromatic heterocycles. The van der Waals surface area contributed by atoms with Crippen molar-refractivity contribution < 1.29 is 14.3 Å². The number of rotatable bonds is 2. The summed E-state index contributed by atoms with van der Waals surface area (Å²) in [6.45, 7) is -0.0209. The zero-order valence-electron chi connectivity index (χ0n) is 7.80. The van der Waals surface area contributed by atoms with Crippen LogP contribution >= 0.6 is 45.8 Å². The van der Waals surface area contributed by atoms with Crippen molar-refractivity contribution in [1.82, 2.24) is 0 Å². The van der Waals surface area contributed by atoms with E-state index in [9.17, 15) is 4.79 Å². The van der Waals surface area contributed by atoms with Crippen LogP contribution in [0.4, 0.5) is 4.79 Å². The number of benzene rings is 1. The van der Waals surface area contributed by atoms with Gasteiger partial charge in [-0.15, -0.1) is 0 Å². The van der Waals surface area contributed by atoms with Crippen LogP contribution in [0.5, 0.6) is 5.75 Å². The molecule has 0 saturated carbocycles. The third-order valence-corrected chi connectivity index (χ3v) is 2.33. The molecule has 0 bridgehead atoms. The van der Waals surface area contributed by atoms with Gasteiger partial charge in [0, 0.05) is 27.6 Å².